The zero-order chi connectivity index (χ0) is 26.2. The van der Waals surface area contributed by atoms with Crippen molar-refractivity contribution in [2.24, 2.45) is 20.9 Å². The molecule has 2 aliphatic heterocycles. The molecular formula is C26H27ClFN5O4. The van der Waals surface area contributed by atoms with Gasteiger partial charge < -0.3 is 15.7 Å². The lowest BCUT2D eigenvalue weighted by atomic mass is 9.53. The molecule has 11 heteroatoms. The second kappa shape index (κ2) is 9.74. The van der Waals surface area contributed by atoms with E-state index in [1.54, 1.807) is 12.3 Å². The smallest absolute Gasteiger partial charge is 0.309 e. The highest BCUT2D eigenvalue weighted by molar-refractivity contribution is 6.44. The van der Waals surface area contributed by atoms with E-state index in [0.717, 1.165) is 19.3 Å². The monoisotopic (exact) mass is 527 g/mol. The van der Waals surface area contributed by atoms with Crippen molar-refractivity contribution in [2.45, 2.75) is 51.5 Å². The Hall–Kier alpha value is -3.53. The minimum Gasteiger partial charge on any atom is -0.481 e. The van der Waals surface area contributed by atoms with Crippen LogP contribution in [0.4, 0.5) is 4.39 Å². The molecule has 2 heterocycles. The van der Waals surface area contributed by atoms with Gasteiger partial charge in [0.2, 0.25) is 0 Å². The summed E-state index contributed by atoms with van der Waals surface area (Å²) in [5.74, 6) is -1.76. The number of hydrazone groups is 1. The molecule has 3 N–H and O–H groups in total. The van der Waals surface area contributed by atoms with E-state index in [1.165, 1.54) is 29.3 Å². The number of halogens is 2. The maximum absolute atomic E-state index is 13.4. The van der Waals surface area contributed by atoms with Gasteiger partial charge in [0.25, 0.3) is 11.8 Å². The van der Waals surface area contributed by atoms with Gasteiger partial charge in [-0.25, -0.2) is 14.4 Å². The van der Waals surface area contributed by atoms with Gasteiger partial charge in [-0.05, 0) is 67.7 Å². The van der Waals surface area contributed by atoms with Crippen LogP contribution in [0.3, 0.4) is 0 Å². The van der Waals surface area contributed by atoms with Gasteiger partial charge in [-0.3, -0.25) is 14.4 Å². The standard InChI is InChI=1S/C26H27ClFN5O4/c27-17-12-16(3-4-18(17)28)14-29-22(34)19-13-20(33-21(32-19)2-1-11-31-33)23(35)30-15-25-5-8-26(9-6-25,10-7-25)24(36)37/h2-4,11-13H,1,5-10,14-15H2,(H,29,34)(H,30,35)(H,36,37). The first-order valence-corrected chi connectivity index (χ1v) is 12.7. The van der Waals surface area contributed by atoms with E-state index in [4.69, 9.17) is 11.6 Å². The van der Waals surface area contributed by atoms with Crippen LogP contribution in [0.2, 0.25) is 5.02 Å². The van der Waals surface area contributed by atoms with Crippen LogP contribution in [-0.4, -0.2) is 46.4 Å². The highest BCUT2D eigenvalue weighted by Crippen LogP contribution is 2.56. The molecule has 0 saturated heterocycles. The number of aliphatic carboxylic acids is 1. The number of rotatable bonds is 7. The Labute approximate surface area is 218 Å². The van der Waals surface area contributed by atoms with E-state index in [0.29, 0.717) is 43.6 Å². The number of carbonyl (C=O) groups is 3. The van der Waals surface area contributed by atoms with Crippen molar-refractivity contribution in [3.8, 4) is 0 Å². The molecule has 3 aliphatic carbocycles. The predicted molar refractivity (Wildman–Crippen MR) is 135 cm³/mol. The van der Waals surface area contributed by atoms with Gasteiger partial charge in [0.1, 0.15) is 17.2 Å². The first-order chi connectivity index (χ1) is 17.7. The summed E-state index contributed by atoms with van der Waals surface area (Å²) in [6, 6.07) is 4.19. The van der Waals surface area contributed by atoms with Crippen molar-refractivity contribution in [1.29, 1.82) is 0 Å². The van der Waals surface area contributed by atoms with Crippen molar-refractivity contribution in [3.63, 3.8) is 0 Å². The quantitative estimate of drug-likeness (QED) is 0.500. The molecule has 0 aromatic heterocycles. The van der Waals surface area contributed by atoms with Crippen LogP contribution in [0.25, 0.3) is 0 Å². The molecule has 0 radical (unpaired) electrons. The summed E-state index contributed by atoms with van der Waals surface area (Å²) in [4.78, 5) is 42.3. The molecule has 0 spiro atoms. The number of hydrogen-bond donors (Lipinski definition) is 3. The van der Waals surface area contributed by atoms with Gasteiger partial charge in [-0.2, -0.15) is 5.10 Å². The minimum atomic E-state index is -0.716. The van der Waals surface area contributed by atoms with Gasteiger partial charge in [0.05, 0.1) is 10.4 Å². The van der Waals surface area contributed by atoms with E-state index < -0.39 is 23.1 Å². The lowest BCUT2D eigenvalue weighted by Gasteiger charge is -2.51. The average Bonchev–Trinajstić information content (AvgIpc) is 2.92. The van der Waals surface area contributed by atoms with Crippen molar-refractivity contribution in [3.05, 3.63) is 58.3 Å². The zero-order valence-electron chi connectivity index (χ0n) is 20.1. The summed E-state index contributed by atoms with van der Waals surface area (Å²) < 4.78 is 13.4. The first kappa shape index (κ1) is 25.1. The predicted octanol–water partition coefficient (Wildman–Crippen LogP) is 3.51. The minimum absolute atomic E-state index is 0.0366. The van der Waals surface area contributed by atoms with Crippen molar-refractivity contribution < 1.29 is 23.9 Å². The first-order valence-electron chi connectivity index (χ1n) is 12.3. The van der Waals surface area contributed by atoms with E-state index in [9.17, 15) is 23.9 Å². The number of carboxylic acids is 1. The van der Waals surface area contributed by atoms with E-state index >= 15 is 0 Å². The highest BCUT2D eigenvalue weighted by atomic mass is 35.5. The summed E-state index contributed by atoms with van der Waals surface area (Å²) in [5, 5.41) is 21.0. The highest BCUT2D eigenvalue weighted by Gasteiger charge is 2.52. The molecule has 2 bridgehead atoms. The van der Waals surface area contributed by atoms with Gasteiger partial charge in [0, 0.05) is 31.8 Å². The van der Waals surface area contributed by atoms with Crippen molar-refractivity contribution >= 4 is 41.3 Å². The third-order valence-corrected chi connectivity index (χ3v) is 8.23. The van der Waals surface area contributed by atoms with Gasteiger partial charge in [-0.1, -0.05) is 17.7 Å². The molecular weight excluding hydrogens is 501 g/mol. The molecule has 0 atom stereocenters. The normalized spacial score (nSPS) is 26.0. The third kappa shape index (κ3) is 4.90. The fourth-order valence-corrected chi connectivity index (χ4v) is 5.67. The lowest BCUT2D eigenvalue weighted by Crippen LogP contribution is -2.51. The second-order valence-corrected chi connectivity index (χ2v) is 10.5. The van der Waals surface area contributed by atoms with Gasteiger partial charge >= 0.3 is 5.97 Å². The summed E-state index contributed by atoms with van der Waals surface area (Å²) in [5.41, 5.74) is 0.120. The maximum atomic E-state index is 13.4. The summed E-state index contributed by atoms with van der Waals surface area (Å²) in [7, 11) is 0. The lowest BCUT2D eigenvalue weighted by molar-refractivity contribution is -0.159. The molecule has 9 nitrogen and oxygen atoms in total. The largest absolute Gasteiger partial charge is 0.481 e. The number of carbonyl (C=O) groups excluding carboxylic acids is 2. The van der Waals surface area contributed by atoms with Crippen molar-refractivity contribution in [2.75, 3.05) is 6.54 Å². The van der Waals surface area contributed by atoms with E-state index in [-0.39, 0.29) is 34.3 Å². The number of allylic oxidation sites excluding steroid dienone is 1. The molecule has 0 unspecified atom stereocenters. The summed E-state index contributed by atoms with van der Waals surface area (Å²) in [6.07, 6.45) is 9.49. The number of hydrogen-bond acceptors (Lipinski definition) is 6. The number of aliphatic imine (C=N–C) groups is 1. The molecule has 194 valence electrons. The molecule has 1 aromatic carbocycles. The molecule has 3 fully saturated rings. The topological polar surface area (TPSA) is 123 Å². The second-order valence-electron chi connectivity index (χ2n) is 10.1. The van der Waals surface area contributed by atoms with Gasteiger partial charge in [0.15, 0.2) is 5.82 Å². The fourth-order valence-electron chi connectivity index (χ4n) is 5.47. The fraction of sp³-hybridized carbons (Fsp3) is 0.423. The molecule has 5 aliphatic rings. The van der Waals surface area contributed by atoms with Crippen LogP contribution in [0.5, 0.6) is 0 Å². The number of fused-ring (bicyclic) bond motifs is 4. The molecule has 3 saturated carbocycles. The van der Waals surface area contributed by atoms with Gasteiger partial charge in [-0.15, -0.1) is 0 Å². The summed E-state index contributed by atoms with van der Waals surface area (Å²) in [6.45, 7) is 0.536. The van der Waals surface area contributed by atoms with E-state index in [2.05, 4.69) is 20.7 Å². The number of nitrogens with one attached hydrogen (secondary N) is 2. The SMILES string of the molecule is O=C(NCC12CCC(C(=O)O)(CC1)CC2)C1=CC(C(=O)NCc2ccc(F)c(Cl)c2)=NC2=CCC=NN21. The Balaban J connectivity index is 1.27. The molecule has 1 aromatic rings. The zero-order valence-corrected chi connectivity index (χ0v) is 20.9. The van der Waals surface area contributed by atoms with Crippen molar-refractivity contribution in [1.82, 2.24) is 15.6 Å². The Morgan fingerprint density at radius 3 is 2.49 bits per heavy atom. The molecule has 37 heavy (non-hydrogen) atoms. The number of benzene rings is 1. The third-order valence-electron chi connectivity index (χ3n) is 7.94. The van der Waals surface area contributed by atoms with Crippen LogP contribution in [-0.2, 0) is 20.9 Å². The van der Waals surface area contributed by atoms with Crippen LogP contribution >= 0.6 is 11.6 Å². The Kier molecular flexibility index (Phi) is 6.61. The van der Waals surface area contributed by atoms with Crippen LogP contribution in [0, 0.1) is 16.6 Å². The van der Waals surface area contributed by atoms with Crippen LogP contribution in [0.15, 0.2) is 52.0 Å². The Morgan fingerprint density at radius 1 is 1.08 bits per heavy atom. The Bertz CT molecular complexity index is 1260. The summed E-state index contributed by atoms with van der Waals surface area (Å²) >= 11 is 5.82. The average molecular weight is 528 g/mol. The molecule has 6 rings (SSSR count). The molecule has 2 amide bonds. The number of carboxylic acid groups (broad SMARTS) is 1. The number of amides is 2. The maximum Gasteiger partial charge on any atom is 0.309 e. The van der Waals surface area contributed by atoms with Crippen LogP contribution < -0.4 is 10.6 Å². The Morgan fingerprint density at radius 2 is 1.81 bits per heavy atom. The van der Waals surface area contributed by atoms with Crippen LogP contribution in [0.1, 0.15) is 50.5 Å². The number of nitrogens with zero attached hydrogens (tertiary/aromatic N) is 3. The van der Waals surface area contributed by atoms with E-state index in [1.807, 2.05) is 0 Å².